The summed E-state index contributed by atoms with van der Waals surface area (Å²) in [5.41, 5.74) is -0.0532. The molecule has 1 aliphatic heterocycles. The van der Waals surface area contributed by atoms with E-state index in [4.69, 9.17) is 9.84 Å². The lowest BCUT2D eigenvalue weighted by molar-refractivity contribution is -0.140. The van der Waals surface area contributed by atoms with E-state index in [0.29, 0.717) is 0 Å². The average Bonchev–Trinajstić information content (AvgIpc) is 2.52. The number of hydrogen-bond donors (Lipinski definition) is 1. The molecule has 12 heavy (non-hydrogen) atoms. The highest BCUT2D eigenvalue weighted by atomic mass is 16.5. The van der Waals surface area contributed by atoms with Crippen molar-refractivity contribution in [3.8, 4) is 0 Å². The van der Waals surface area contributed by atoms with E-state index in [0.717, 1.165) is 25.9 Å². The summed E-state index contributed by atoms with van der Waals surface area (Å²) in [6.07, 6.45) is 3.14. The van der Waals surface area contributed by atoms with Gasteiger partial charge in [-0.15, -0.1) is 0 Å². The zero-order chi connectivity index (χ0) is 8.77. The summed E-state index contributed by atoms with van der Waals surface area (Å²) in [5.74, 6) is -0.811. The first-order valence-electron chi connectivity index (χ1n) is 4.49. The molecule has 0 bridgehead atoms. The summed E-state index contributed by atoms with van der Waals surface area (Å²) in [4.78, 5) is 10.7. The standard InChI is InChI=1S/C9H14O3/c1-9(5-6(9)8(10)11)7-3-2-4-12-7/h6-7H,2-5H2,1H3,(H,10,11)/t6-,7?,9+/m1/s1. The maximum Gasteiger partial charge on any atom is 0.307 e. The molecular formula is C9H14O3. The largest absolute Gasteiger partial charge is 0.481 e. The minimum absolute atomic E-state index is 0.0532. The molecule has 0 amide bonds. The molecule has 1 aliphatic carbocycles. The zero-order valence-electron chi connectivity index (χ0n) is 7.25. The second-order valence-corrected chi connectivity index (χ2v) is 4.10. The van der Waals surface area contributed by atoms with Crippen LogP contribution in [0.3, 0.4) is 0 Å². The molecule has 0 spiro atoms. The monoisotopic (exact) mass is 170 g/mol. The Hall–Kier alpha value is -0.570. The molecular weight excluding hydrogens is 156 g/mol. The van der Waals surface area contributed by atoms with E-state index in [9.17, 15) is 4.79 Å². The lowest BCUT2D eigenvalue weighted by atomic mass is 9.96. The van der Waals surface area contributed by atoms with Crippen molar-refractivity contribution < 1.29 is 14.6 Å². The molecule has 0 aromatic heterocycles. The molecule has 1 saturated heterocycles. The van der Waals surface area contributed by atoms with Gasteiger partial charge in [-0.2, -0.15) is 0 Å². The lowest BCUT2D eigenvalue weighted by Gasteiger charge is -2.17. The van der Waals surface area contributed by atoms with Gasteiger partial charge in [-0.25, -0.2) is 0 Å². The summed E-state index contributed by atoms with van der Waals surface area (Å²) in [6.45, 7) is 2.84. The van der Waals surface area contributed by atoms with Crippen LogP contribution in [-0.4, -0.2) is 23.8 Å². The quantitative estimate of drug-likeness (QED) is 0.679. The van der Waals surface area contributed by atoms with Gasteiger partial charge in [-0.3, -0.25) is 4.79 Å². The summed E-state index contributed by atoms with van der Waals surface area (Å²) >= 11 is 0. The Morgan fingerprint density at radius 1 is 1.67 bits per heavy atom. The van der Waals surface area contributed by atoms with Gasteiger partial charge in [0.2, 0.25) is 0 Å². The first kappa shape index (κ1) is 8.05. The van der Waals surface area contributed by atoms with Crippen LogP contribution in [0.25, 0.3) is 0 Å². The van der Waals surface area contributed by atoms with Gasteiger partial charge in [0.25, 0.3) is 0 Å². The predicted molar refractivity (Wildman–Crippen MR) is 42.8 cm³/mol. The van der Waals surface area contributed by atoms with Crippen LogP contribution in [0.5, 0.6) is 0 Å². The Labute approximate surface area is 71.7 Å². The molecule has 1 N–H and O–H groups in total. The second kappa shape index (κ2) is 2.46. The van der Waals surface area contributed by atoms with E-state index in [-0.39, 0.29) is 17.4 Å². The Balaban J connectivity index is 2.00. The van der Waals surface area contributed by atoms with Crippen molar-refractivity contribution in [1.29, 1.82) is 0 Å². The number of rotatable bonds is 2. The van der Waals surface area contributed by atoms with Gasteiger partial charge < -0.3 is 9.84 Å². The van der Waals surface area contributed by atoms with Crippen molar-refractivity contribution in [3.63, 3.8) is 0 Å². The molecule has 1 heterocycles. The SMILES string of the molecule is C[C@]1(C2CCCO2)C[C@@H]1C(=O)O. The summed E-state index contributed by atoms with van der Waals surface area (Å²) in [6, 6.07) is 0. The van der Waals surface area contributed by atoms with Crippen LogP contribution in [0.15, 0.2) is 0 Å². The number of carboxylic acids is 1. The van der Waals surface area contributed by atoms with Gasteiger partial charge >= 0.3 is 5.97 Å². The summed E-state index contributed by atoms with van der Waals surface area (Å²) in [7, 11) is 0. The highest BCUT2D eigenvalue weighted by Crippen LogP contribution is 2.57. The number of ether oxygens (including phenoxy) is 1. The number of aliphatic carboxylic acids is 1. The van der Waals surface area contributed by atoms with E-state index >= 15 is 0 Å². The minimum atomic E-state index is -0.659. The van der Waals surface area contributed by atoms with Crippen molar-refractivity contribution in [1.82, 2.24) is 0 Å². The molecule has 2 rings (SSSR count). The number of carbonyl (C=O) groups is 1. The minimum Gasteiger partial charge on any atom is -0.481 e. The summed E-state index contributed by atoms with van der Waals surface area (Å²) in [5, 5.41) is 8.79. The first-order valence-corrected chi connectivity index (χ1v) is 4.49. The lowest BCUT2D eigenvalue weighted by Crippen LogP contribution is -2.22. The molecule has 68 valence electrons. The van der Waals surface area contributed by atoms with Crippen LogP contribution in [-0.2, 0) is 9.53 Å². The second-order valence-electron chi connectivity index (χ2n) is 4.10. The molecule has 2 aliphatic rings. The van der Waals surface area contributed by atoms with Gasteiger partial charge in [0.15, 0.2) is 0 Å². The molecule has 0 radical (unpaired) electrons. The van der Waals surface area contributed by atoms with Gasteiger partial charge in [-0.1, -0.05) is 6.92 Å². The number of hydrogen-bond acceptors (Lipinski definition) is 2. The topological polar surface area (TPSA) is 46.5 Å². The van der Waals surface area contributed by atoms with Crippen molar-refractivity contribution >= 4 is 5.97 Å². The van der Waals surface area contributed by atoms with Crippen LogP contribution < -0.4 is 0 Å². The van der Waals surface area contributed by atoms with E-state index < -0.39 is 5.97 Å². The molecule has 2 fully saturated rings. The smallest absolute Gasteiger partial charge is 0.307 e. The zero-order valence-corrected chi connectivity index (χ0v) is 7.25. The van der Waals surface area contributed by atoms with Gasteiger partial charge in [0.05, 0.1) is 12.0 Å². The fourth-order valence-electron chi connectivity index (χ4n) is 2.20. The molecule has 3 atom stereocenters. The van der Waals surface area contributed by atoms with E-state index in [1.807, 2.05) is 6.92 Å². The van der Waals surface area contributed by atoms with Crippen LogP contribution >= 0.6 is 0 Å². The van der Waals surface area contributed by atoms with Crippen LogP contribution in [0, 0.1) is 11.3 Å². The predicted octanol–water partition coefficient (Wildman–Crippen LogP) is 1.28. The third-order valence-corrected chi connectivity index (χ3v) is 3.24. The Morgan fingerprint density at radius 2 is 2.42 bits per heavy atom. The summed E-state index contributed by atoms with van der Waals surface area (Å²) < 4.78 is 5.50. The van der Waals surface area contributed by atoms with Crippen LogP contribution in [0.1, 0.15) is 26.2 Å². The molecule has 0 aromatic rings. The maximum absolute atomic E-state index is 10.7. The van der Waals surface area contributed by atoms with Crippen LogP contribution in [0.2, 0.25) is 0 Å². The van der Waals surface area contributed by atoms with Gasteiger partial charge in [0, 0.05) is 12.0 Å². The fraction of sp³-hybridized carbons (Fsp3) is 0.889. The van der Waals surface area contributed by atoms with E-state index in [2.05, 4.69) is 0 Å². The third kappa shape index (κ3) is 1.04. The highest BCUT2D eigenvalue weighted by molar-refractivity contribution is 5.74. The first-order chi connectivity index (χ1) is 5.64. The van der Waals surface area contributed by atoms with E-state index in [1.54, 1.807) is 0 Å². The highest BCUT2D eigenvalue weighted by Gasteiger charge is 2.60. The van der Waals surface area contributed by atoms with Crippen molar-refractivity contribution in [2.75, 3.05) is 6.61 Å². The molecule has 1 saturated carbocycles. The Bertz CT molecular complexity index is 208. The Kier molecular flexibility index (Phi) is 1.65. The van der Waals surface area contributed by atoms with E-state index in [1.165, 1.54) is 0 Å². The van der Waals surface area contributed by atoms with Gasteiger partial charge in [0.1, 0.15) is 0 Å². The molecule has 1 unspecified atom stereocenters. The normalized spacial score (nSPS) is 46.1. The maximum atomic E-state index is 10.7. The number of carboxylic acid groups (broad SMARTS) is 1. The van der Waals surface area contributed by atoms with Crippen molar-refractivity contribution in [2.45, 2.75) is 32.3 Å². The Morgan fingerprint density at radius 3 is 2.83 bits per heavy atom. The van der Waals surface area contributed by atoms with Crippen molar-refractivity contribution in [3.05, 3.63) is 0 Å². The molecule has 3 heteroatoms. The van der Waals surface area contributed by atoms with Gasteiger partial charge in [-0.05, 0) is 19.3 Å². The molecule has 3 nitrogen and oxygen atoms in total. The van der Waals surface area contributed by atoms with Crippen molar-refractivity contribution in [2.24, 2.45) is 11.3 Å². The fourth-order valence-corrected chi connectivity index (χ4v) is 2.20. The third-order valence-electron chi connectivity index (χ3n) is 3.24. The molecule has 0 aromatic carbocycles. The average molecular weight is 170 g/mol. The van der Waals surface area contributed by atoms with Crippen LogP contribution in [0.4, 0.5) is 0 Å².